The molecule has 1 fully saturated rings. The van der Waals surface area contributed by atoms with Crippen molar-refractivity contribution in [2.75, 3.05) is 20.2 Å². The minimum Gasteiger partial charge on any atom is -0.497 e. The van der Waals surface area contributed by atoms with Crippen LogP contribution in [0.2, 0.25) is 0 Å². The Kier molecular flexibility index (Phi) is 5.47. The Morgan fingerprint density at radius 1 is 1.32 bits per heavy atom. The smallest absolute Gasteiger partial charge is 0.119 e. The van der Waals surface area contributed by atoms with Crippen molar-refractivity contribution in [3.05, 3.63) is 29.8 Å². The molecule has 0 radical (unpaired) electrons. The lowest BCUT2D eigenvalue weighted by Gasteiger charge is -2.34. The lowest BCUT2D eigenvalue weighted by Crippen LogP contribution is -2.46. The van der Waals surface area contributed by atoms with E-state index in [1.54, 1.807) is 21.0 Å². The normalized spacial score (nSPS) is 22.8. The van der Waals surface area contributed by atoms with E-state index >= 15 is 0 Å². The highest BCUT2D eigenvalue weighted by Gasteiger charge is 2.24. The van der Waals surface area contributed by atoms with Gasteiger partial charge in [-0.2, -0.15) is 0 Å². The zero-order chi connectivity index (χ0) is 16.2. The van der Waals surface area contributed by atoms with Crippen LogP contribution in [0.15, 0.2) is 24.3 Å². The second-order valence-corrected chi connectivity index (χ2v) is 6.56. The molecular weight excluding hydrogens is 276 g/mol. The SMILES string of the molecule is COc1ccc(CN2C[C@@H](N)C[C@@H](C#CC(C)(C)O)C2)cc1. The molecule has 1 aliphatic heterocycles. The molecule has 22 heavy (non-hydrogen) atoms. The van der Waals surface area contributed by atoms with Gasteiger partial charge in [-0.3, -0.25) is 4.90 Å². The summed E-state index contributed by atoms with van der Waals surface area (Å²) in [5.74, 6) is 7.19. The molecule has 0 aliphatic carbocycles. The molecule has 2 rings (SSSR count). The number of hydrogen-bond donors (Lipinski definition) is 2. The Morgan fingerprint density at radius 3 is 2.59 bits per heavy atom. The topological polar surface area (TPSA) is 58.7 Å². The fourth-order valence-electron chi connectivity index (χ4n) is 2.73. The van der Waals surface area contributed by atoms with Gasteiger partial charge in [-0.05, 0) is 38.0 Å². The van der Waals surface area contributed by atoms with Crippen LogP contribution in [-0.4, -0.2) is 41.8 Å². The van der Waals surface area contributed by atoms with Crippen LogP contribution < -0.4 is 10.5 Å². The van der Waals surface area contributed by atoms with E-state index in [0.717, 1.165) is 31.8 Å². The van der Waals surface area contributed by atoms with Gasteiger partial charge < -0.3 is 15.6 Å². The van der Waals surface area contributed by atoms with E-state index in [0.29, 0.717) is 0 Å². The van der Waals surface area contributed by atoms with Gasteiger partial charge in [-0.25, -0.2) is 0 Å². The van der Waals surface area contributed by atoms with E-state index < -0.39 is 5.60 Å². The van der Waals surface area contributed by atoms with Crippen molar-refractivity contribution in [3.63, 3.8) is 0 Å². The summed E-state index contributed by atoms with van der Waals surface area (Å²) in [6.45, 7) is 6.05. The number of nitrogens with zero attached hydrogens (tertiary/aromatic N) is 1. The number of likely N-dealkylation sites (tertiary alicyclic amines) is 1. The number of ether oxygens (including phenoxy) is 1. The second-order valence-electron chi connectivity index (χ2n) is 6.56. The van der Waals surface area contributed by atoms with Gasteiger partial charge in [0.25, 0.3) is 0 Å². The third-order valence-corrected chi connectivity index (χ3v) is 3.71. The van der Waals surface area contributed by atoms with Crippen molar-refractivity contribution in [2.45, 2.75) is 38.5 Å². The van der Waals surface area contributed by atoms with E-state index in [1.807, 2.05) is 12.1 Å². The zero-order valence-electron chi connectivity index (χ0n) is 13.7. The minimum atomic E-state index is -0.942. The highest BCUT2D eigenvalue weighted by atomic mass is 16.5. The Labute approximate surface area is 133 Å². The van der Waals surface area contributed by atoms with Gasteiger partial charge in [0.15, 0.2) is 0 Å². The van der Waals surface area contributed by atoms with Crippen LogP contribution in [0.3, 0.4) is 0 Å². The zero-order valence-corrected chi connectivity index (χ0v) is 13.7. The molecule has 0 bridgehead atoms. The number of benzene rings is 1. The molecule has 0 spiro atoms. The van der Waals surface area contributed by atoms with Crippen LogP contribution >= 0.6 is 0 Å². The summed E-state index contributed by atoms with van der Waals surface area (Å²) >= 11 is 0. The van der Waals surface area contributed by atoms with Crippen molar-refractivity contribution >= 4 is 0 Å². The van der Waals surface area contributed by atoms with Crippen molar-refractivity contribution in [3.8, 4) is 17.6 Å². The number of aliphatic hydroxyl groups is 1. The molecule has 2 atom stereocenters. The maximum atomic E-state index is 9.73. The van der Waals surface area contributed by atoms with Crippen molar-refractivity contribution in [1.82, 2.24) is 4.90 Å². The number of rotatable bonds is 3. The molecule has 0 amide bonds. The third-order valence-electron chi connectivity index (χ3n) is 3.71. The lowest BCUT2D eigenvalue weighted by molar-refractivity contribution is 0.142. The van der Waals surface area contributed by atoms with Gasteiger partial charge in [0.2, 0.25) is 0 Å². The average Bonchev–Trinajstić information content (AvgIpc) is 2.45. The second kappa shape index (κ2) is 7.15. The summed E-state index contributed by atoms with van der Waals surface area (Å²) in [6.07, 6.45) is 0.891. The van der Waals surface area contributed by atoms with Crippen LogP contribution in [0.25, 0.3) is 0 Å². The number of methoxy groups -OCH3 is 1. The Hall–Kier alpha value is -1.54. The molecule has 4 heteroatoms. The molecular formula is C18H26N2O2. The molecule has 1 heterocycles. The highest BCUT2D eigenvalue weighted by Crippen LogP contribution is 2.19. The average molecular weight is 302 g/mol. The molecule has 120 valence electrons. The predicted molar refractivity (Wildman–Crippen MR) is 88.4 cm³/mol. The van der Waals surface area contributed by atoms with E-state index in [-0.39, 0.29) is 12.0 Å². The summed E-state index contributed by atoms with van der Waals surface area (Å²) < 4.78 is 5.18. The van der Waals surface area contributed by atoms with Crippen molar-refractivity contribution < 1.29 is 9.84 Å². The molecule has 1 aromatic rings. The fraction of sp³-hybridized carbons (Fsp3) is 0.556. The quantitative estimate of drug-likeness (QED) is 0.833. The first-order valence-electron chi connectivity index (χ1n) is 7.71. The summed E-state index contributed by atoms with van der Waals surface area (Å²) in [5.41, 5.74) is 6.46. The first kappa shape index (κ1) is 16.8. The molecule has 1 aliphatic rings. The largest absolute Gasteiger partial charge is 0.497 e. The van der Waals surface area contributed by atoms with Gasteiger partial charge in [-0.1, -0.05) is 24.0 Å². The number of nitrogens with two attached hydrogens (primary N) is 1. The van der Waals surface area contributed by atoms with Crippen LogP contribution in [0.5, 0.6) is 5.75 Å². The van der Waals surface area contributed by atoms with Crippen LogP contribution in [-0.2, 0) is 6.54 Å². The maximum Gasteiger partial charge on any atom is 0.119 e. The molecule has 3 N–H and O–H groups in total. The molecule has 0 aromatic heterocycles. The third kappa shape index (κ3) is 5.34. The Bertz CT molecular complexity index is 537. The predicted octanol–water partition coefficient (Wildman–Crippen LogP) is 1.62. The monoisotopic (exact) mass is 302 g/mol. The molecule has 0 saturated carbocycles. The molecule has 1 saturated heterocycles. The van der Waals surface area contributed by atoms with Crippen LogP contribution in [0.4, 0.5) is 0 Å². The summed E-state index contributed by atoms with van der Waals surface area (Å²) in [5, 5.41) is 9.73. The highest BCUT2D eigenvalue weighted by molar-refractivity contribution is 5.27. The van der Waals surface area contributed by atoms with E-state index in [2.05, 4.69) is 28.9 Å². The lowest BCUT2D eigenvalue weighted by atomic mass is 9.94. The summed E-state index contributed by atoms with van der Waals surface area (Å²) in [7, 11) is 1.67. The molecule has 0 unspecified atom stereocenters. The van der Waals surface area contributed by atoms with Gasteiger partial charge in [0.1, 0.15) is 11.4 Å². The molecule has 1 aromatic carbocycles. The molecule has 4 nitrogen and oxygen atoms in total. The number of hydrogen-bond acceptors (Lipinski definition) is 4. The Balaban J connectivity index is 1.99. The standard InChI is InChI=1S/C18H26N2O2/c1-18(2,21)9-8-15-10-16(19)13-20(12-15)11-14-4-6-17(22-3)7-5-14/h4-7,15-16,21H,10-13,19H2,1-3H3/t15-,16+/m1/s1. The first-order valence-corrected chi connectivity index (χ1v) is 7.71. The van der Waals surface area contributed by atoms with E-state index in [4.69, 9.17) is 10.5 Å². The van der Waals surface area contributed by atoms with Gasteiger partial charge in [0, 0.05) is 31.6 Å². The minimum absolute atomic E-state index is 0.133. The summed E-state index contributed by atoms with van der Waals surface area (Å²) in [6, 6.07) is 8.25. The van der Waals surface area contributed by atoms with Gasteiger partial charge in [-0.15, -0.1) is 0 Å². The van der Waals surface area contributed by atoms with E-state index in [9.17, 15) is 5.11 Å². The van der Waals surface area contributed by atoms with Gasteiger partial charge >= 0.3 is 0 Å². The fourth-order valence-corrected chi connectivity index (χ4v) is 2.73. The number of piperidine rings is 1. The van der Waals surface area contributed by atoms with E-state index in [1.165, 1.54) is 5.56 Å². The summed E-state index contributed by atoms with van der Waals surface area (Å²) in [4.78, 5) is 2.33. The van der Waals surface area contributed by atoms with Crippen molar-refractivity contribution in [2.24, 2.45) is 11.7 Å². The Morgan fingerprint density at radius 2 is 2.00 bits per heavy atom. The maximum absolute atomic E-state index is 9.73. The van der Waals surface area contributed by atoms with Crippen LogP contribution in [0, 0.1) is 17.8 Å². The van der Waals surface area contributed by atoms with Gasteiger partial charge in [0.05, 0.1) is 7.11 Å². The van der Waals surface area contributed by atoms with Crippen LogP contribution in [0.1, 0.15) is 25.8 Å². The van der Waals surface area contributed by atoms with Crippen molar-refractivity contribution in [1.29, 1.82) is 0 Å². The first-order chi connectivity index (χ1) is 10.4.